The number of nitrogens with zero attached hydrogens (tertiary/aromatic N) is 1. The van der Waals surface area contributed by atoms with E-state index >= 15 is 0 Å². The van der Waals surface area contributed by atoms with Crippen molar-refractivity contribution in [2.24, 2.45) is 5.73 Å². The second-order valence-electron chi connectivity index (χ2n) is 5.55. The largest absolute Gasteiger partial charge is 0.493 e. The molecule has 1 heterocycles. The third-order valence-corrected chi connectivity index (χ3v) is 5.33. The van der Waals surface area contributed by atoms with E-state index in [9.17, 15) is 13.2 Å². The number of benzene rings is 1. The molecule has 134 valence electrons. The lowest BCUT2D eigenvalue weighted by Gasteiger charge is -2.16. The van der Waals surface area contributed by atoms with Crippen molar-refractivity contribution in [2.75, 3.05) is 33.9 Å². The van der Waals surface area contributed by atoms with Crippen LogP contribution in [-0.2, 0) is 14.8 Å². The summed E-state index contributed by atoms with van der Waals surface area (Å²) in [5.74, 6) is 0.664. The van der Waals surface area contributed by atoms with Crippen molar-refractivity contribution in [3.8, 4) is 11.5 Å². The van der Waals surface area contributed by atoms with Gasteiger partial charge in [-0.3, -0.25) is 4.79 Å². The lowest BCUT2D eigenvalue weighted by Crippen LogP contribution is -2.34. The van der Waals surface area contributed by atoms with Crippen molar-refractivity contribution < 1.29 is 22.7 Å². The summed E-state index contributed by atoms with van der Waals surface area (Å²) in [5.41, 5.74) is 5.76. The molecule has 9 heteroatoms. The van der Waals surface area contributed by atoms with Crippen molar-refractivity contribution in [3.63, 3.8) is 0 Å². The van der Waals surface area contributed by atoms with E-state index in [4.69, 9.17) is 15.2 Å². The molecule has 1 fully saturated rings. The lowest BCUT2D eigenvalue weighted by atomic mass is 10.3. The Morgan fingerprint density at radius 1 is 1.33 bits per heavy atom. The van der Waals surface area contributed by atoms with Gasteiger partial charge >= 0.3 is 0 Å². The zero-order valence-corrected chi connectivity index (χ0v) is 14.6. The van der Waals surface area contributed by atoms with Gasteiger partial charge < -0.3 is 20.1 Å². The van der Waals surface area contributed by atoms with Crippen LogP contribution in [0.4, 0.5) is 0 Å². The predicted molar refractivity (Wildman–Crippen MR) is 88.5 cm³/mol. The van der Waals surface area contributed by atoms with E-state index in [0.29, 0.717) is 24.6 Å². The Bertz CT molecular complexity index is 692. The number of rotatable bonds is 7. The van der Waals surface area contributed by atoms with Crippen LogP contribution in [0.25, 0.3) is 0 Å². The van der Waals surface area contributed by atoms with Crippen LogP contribution in [0.1, 0.15) is 12.8 Å². The molecule has 0 aliphatic carbocycles. The molecule has 1 aromatic rings. The molecule has 0 saturated carbocycles. The first kappa shape index (κ1) is 18.5. The molecule has 3 N–H and O–H groups in total. The molecule has 2 rings (SSSR count). The molecule has 1 aliphatic heterocycles. The molecule has 1 atom stereocenters. The van der Waals surface area contributed by atoms with Crippen LogP contribution in [0.2, 0.25) is 0 Å². The number of nitrogens with two attached hydrogens (primary N) is 1. The molecular formula is C15H23N3O5S. The minimum atomic E-state index is -3.73. The van der Waals surface area contributed by atoms with E-state index in [1.165, 1.54) is 32.4 Å². The molecule has 1 aromatic carbocycles. The maximum atomic E-state index is 12.3. The van der Waals surface area contributed by atoms with Gasteiger partial charge in [0, 0.05) is 38.2 Å². The Morgan fingerprint density at radius 3 is 2.62 bits per heavy atom. The first-order valence-corrected chi connectivity index (χ1v) is 9.10. The molecule has 0 radical (unpaired) electrons. The smallest absolute Gasteiger partial charge is 0.240 e. The average molecular weight is 357 g/mol. The summed E-state index contributed by atoms with van der Waals surface area (Å²) in [6, 6.07) is 4.33. The van der Waals surface area contributed by atoms with Crippen molar-refractivity contribution in [3.05, 3.63) is 18.2 Å². The Hall–Kier alpha value is -1.84. The minimum Gasteiger partial charge on any atom is -0.493 e. The van der Waals surface area contributed by atoms with Crippen molar-refractivity contribution in [2.45, 2.75) is 23.8 Å². The van der Waals surface area contributed by atoms with Gasteiger partial charge in [-0.1, -0.05) is 0 Å². The van der Waals surface area contributed by atoms with Gasteiger partial charge in [0.1, 0.15) is 0 Å². The number of carbonyl (C=O) groups excluding carboxylic acids is 1. The molecule has 0 spiro atoms. The SMILES string of the molecule is COc1ccc(S(=O)(=O)NCCC(=O)N2CC[C@@H](N)C2)cc1OC. The van der Waals surface area contributed by atoms with Gasteiger partial charge in [-0.05, 0) is 18.6 Å². The second-order valence-corrected chi connectivity index (χ2v) is 7.32. The number of sulfonamides is 1. The van der Waals surface area contributed by atoms with Crippen LogP contribution in [0.3, 0.4) is 0 Å². The van der Waals surface area contributed by atoms with Crippen molar-refractivity contribution >= 4 is 15.9 Å². The lowest BCUT2D eigenvalue weighted by molar-refractivity contribution is -0.130. The molecule has 0 aromatic heterocycles. The first-order valence-electron chi connectivity index (χ1n) is 7.62. The number of likely N-dealkylation sites (tertiary alicyclic amines) is 1. The van der Waals surface area contributed by atoms with Crippen LogP contribution in [0, 0.1) is 0 Å². The first-order chi connectivity index (χ1) is 11.4. The van der Waals surface area contributed by atoms with E-state index in [0.717, 1.165) is 6.42 Å². The van der Waals surface area contributed by atoms with Crippen LogP contribution in [0.5, 0.6) is 11.5 Å². The van der Waals surface area contributed by atoms with Crippen LogP contribution < -0.4 is 19.9 Å². The predicted octanol–water partition coefficient (Wildman–Crippen LogP) is -0.0682. The van der Waals surface area contributed by atoms with Gasteiger partial charge in [0.25, 0.3) is 0 Å². The van der Waals surface area contributed by atoms with Gasteiger partial charge in [0.05, 0.1) is 19.1 Å². The fraction of sp³-hybridized carbons (Fsp3) is 0.533. The normalized spacial score (nSPS) is 17.8. The fourth-order valence-corrected chi connectivity index (χ4v) is 3.58. The number of methoxy groups -OCH3 is 2. The summed E-state index contributed by atoms with van der Waals surface area (Å²) in [4.78, 5) is 13.7. The highest BCUT2D eigenvalue weighted by atomic mass is 32.2. The van der Waals surface area contributed by atoms with Crippen molar-refractivity contribution in [1.82, 2.24) is 9.62 Å². The summed E-state index contributed by atoms with van der Waals surface area (Å²) >= 11 is 0. The number of carbonyl (C=O) groups is 1. The van der Waals surface area contributed by atoms with Gasteiger partial charge in [0.2, 0.25) is 15.9 Å². The van der Waals surface area contributed by atoms with Crippen LogP contribution in [-0.4, -0.2) is 59.1 Å². The quantitative estimate of drug-likeness (QED) is 0.707. The number of ether oxygens (including phenoxy) is 2. The monoisotopic (exact) mass is 357 g/mol. The summed E-state index contributed by atoms with van der Waals surface area (Å²) in [7, 11) is -0.825. The number of amides is 1. The molecule has 8 nitrogen and oxygen atoms in total. The summed E-state index contributed by atoms with van der Waals surface area (Å²) < 4.78 is 37.2. The van der Waals surface area contributed by atoms with Crippen LogP contribution in [0.15, 0.2) is 23.1 Å². The second kappa shape index (κ2) is 7.82. The minimum absolute atomic E-state index is 0.0115. The van der Waals surface area contributed by atoms with Crippen molar-refractivity contribution in [1.29, 1.82) is 0 Å². The Kier molecular flexibility index (Phi) is 6.03. The zero-order valence-electron chi connectivity index (χ0n) is 13.8. The maximum Gasteiger partial charge on any atom is 0.240 e. The van der Waals surface area contributed by atoms with Gasteiger partial charge in [-0.2, -0.15) is 0 Å². The molecule has 1 amide bonds. The molecular weight excluding hydrogens is 334 g/mol. The maximum absolute atomic E-state index is 12.3. The summed E-state index contributed by atoms with van der Waals surface area (Å²) in [6.07, 6.45) is 0.877. The summed E-state index contributed by atoms with van der Waals surface area (Å²) in [6.45, 7) is 1.19. The summed E-state index contributed by atoms with van der Waals surface area (Å²) in [5, 5.41) is 0. The van der Waals surface area contributed by atoms with Gasteiger partial charge in [-0.25, -0.2) is 13.1 Å². The molecule has 24 heavy (non-hydrogen) atoms. The molecule has 1 saturated heterocycles. The van der Waals surface area contributed by atoms with E-state index < -0.39 is 10.0 Å². The number of hydrogen-bond acceptors (Lipinski definition) is 6. The van der Waals surface area contributed by atoms with E-state index in [1.54, 1.807) is 4.90 Å². The Morgan fingerprint density at radius 2 is 2.04 bits per heavy atom. The molecule has 1 aliphatic rings. The third-order valence-electron chi connectivity index (χ3n) is 3.87. The number of hydrogen-bond donors (Lipinski definition) is 2. The molecule has 0 unspecified atom stereocenters. The third kappa shape index (κ3) is 4.37. The van der Waals surface area contributed by atoms with Gasteiger partial charge in [0.15, 0.2) is 11.5 Å². The van der Waals surface area contributed by atoms with E-state index in [2.05, 4.69) is 4.72 Å². The number of nitrogens with one attached hydrogen (secondary N) is 1. The van der Waals surface area contributed by atoms with Crippen LogP contribution >= 0.6 is 0 Å². The highest BCUT2D eigenvalue weighted by Gasteiger charge is 2.24. The zero-order chi connectivity index (χ0) is 17.7. The fourth-order valence-electron chi connectivity index (χ4n) is 2.53. The Labute approximate surface area is 142 Å². The topological polar surface area (TPSA) is 111 Å². The van der Waals surface area contributed by atoms with E-state index in [1.807, 2.05) is 0 Å². The highest BCUT2D eigenvalue weighted by molar-refractivity contribution is 7.89. The Balaban J connectivity index is 1.95. The standard InChI is InChI=1S/C15H23N3O5S/c1-22-13-4-3-12(9-14(13)23-2)24(20,21)17-7-5-15(19)18-8-6-11(16)10-18/h3-4,9,11,17H,5-8,10,16H2,1-2H3/t11-/m1/s1. The average Bonchev–Trinajstić information content (AvgIpc) is 3.00. The van der Waals surface area contributed by atoms with E-state index in [-0.39, 0.29) is 29.8 Å². The molecule has 0 bridgehead atoms. The van der Waals surface area contributed by atoms with Gasteiger partial charge in [-0.15, -0.1) is 0 Å². The highest BCUT2D eigenvalue weighted by Crippen LogP contribution is 2.29.